The zero-order chi connectivity index (χ0) is 15.1. The third-order valence-corrected chi connectivity index (χ3v) is 3.50. The molecule has 6 heteroatoms. The van der Waals surface area contributed by atoms with Crippen LogP contribution < -0.4 is 11.1 Å². The topological polar surface area (TPSA) is 69.4 Å². The minimum Gasteiger partial charge on any atom is -0.398 e. The average molecular weight is 354 g/mol. The summed E-state index contributed by atoms with van der Waals surface area (Å²) in [6.45, 7) is 2.80. The van der Waals surface area contributed by atoms with E-state index in [9.17, 15) is 0 Å². The van der Waals surface area contributed by atoms with Gasteiger partial charge in [-0.2, -0.15) is 0 Å². The monoisotopic (exact) mass is 353 g/mol. The van der Waals surface area contributed by atoms with Crippen molar-refractivity contribution in [1.29, 1.82) is 0 Å². The summed E-state index contributed by atoms with van der Waals surface area (Å²) in [5.41, 5.74) is 8.60. The Morgan fingerprint density at radius 1 is 1.29 bits per heavy atom. The van der Waals surface area contributed by atoms with E-state index < -0.39 is 0 Å². The molecule has 3 N–H and O–H groups in total. The molecule has 21 heavy (non-hydrogen) atoms. The molecule has 2 rings (SSSR count). The predicted molar refractivity (Wildman–Crippen MR) is 89.7 cm³/mol. The van der Waals surface area contributed by atoms with Gasteiger partial charge in [-0.25, -0.2) is 0 Å². The van der Waals surface area contributed by atoms with Crippen LogP contribution in [0.1, 0.15) is 6.42 Å². The number of nitrogens with two attached hydrogens (primary N) is 1. The fraction of sp³-hybridized carbons (Fsp3) is 0.400. The van der Waals surface area contributed by atoms with Gasteiger partial charge in [-0.15, -0.1) is 0 Å². The maximum atomic E-state index is 6.00. The smallest absolute Gasteiger partial charge is 0.0954 e. The molecule has 0 atom stereocenters. The number of aromatic nitrogens is 1. The normalized spacial score (nSPS) is 11.0. The lowest BCUT2D eigenvalue weighted by Gasteiger charge is -2.11. The summed E-state index contributed by atoms with van der Waals surface area (Å²) in [4.78, 5) is 4.44. The van der Waals surface area contributed by atoms with E-state index >= 15 is 0 Å². The van der Waals surface area contributed by atoms with Gasteiger partial charge in [0.25, 0.3) is 0 Å². The van der Waals surface area contributed by atoms with Crippen LogP contribution in [0.3, 0.4) is 0 Å². The number of benzene rings is 1. The lowest BCUT2D eigenvalue weighted by Crippen LogP contribution is -2.09. The van der Waals surface area contributed by atoms with Crippen LogP contribution in [0.5, 0.6) is 0 Å². The second-order valence-electron chi connectivity index (χ2n) is 4.64. The average Bonchev–Trinajstić information content (AvgIpc) is 2.49. The summed E-state index contributed by atoms with van der Waals surface area (Å²) >= 11 is 3.42. The summed E-state index contributed by atoms with van der Waals surface area (Å²) < 4.78 is 11.3. The van der Waals surface area contributed by atoms with E-state index in [4.69, 9.17) is 15.2 Å². The van der Waals surface area contributed by atoms with Gasteiger partial charge in [0, 0.05) is 42.0 Å². The zero-order valence-corrected chi connectivity index (χ0v) is 13.6. The number of anilines is 2. The first-order valence-electron chi connectivity index (χ1n) is 6.86. The zero-order valence-electron chi connectivity index (χ0n) is 12.1. The van der Waals surface area contributed by atoms with E-state index in [2.05, 4.69) is 26.2 Å². The van der Waals surface area contributed by atoms with Gasteiger partial charge in [0.15, 0.2) is 0 Å². The van der Waals surface area contributed by atoms with Crippen LogP contribution in [0.2, 0.25) is 0 Å². The van der Waals surface area contributed by atoms with Gasteiger partial charge in [-0.1, -0.05) is 0 Å². The van der Waals surface area contributed by atoms with Crippen molar-refractivity contribution in [3.05, 3.63) is 28.9 Å². The number of hydrogen-bond donors (Lipinski definition) is 2. The highest BCUT2D eigenvalue weighted by molar-refractivity contribution is 9.10. The van der Waals surface area contributed by atoms with Crippen LogP contribution in [0.4, 0.5) is 11.4 Å². The largest absolute Gasteiger partial charge is 0.398 e. The Morgan fingerprint density at radius 2 is 2.14 bits per heavy atom. The molecule has 1 aromatic carbocycles. The fourth-order valence-electron chi connectivity index (χ4n) is 2.00. The van der Waals surface area contributed by atoms with Gasteiger partial charge in [0.2, 0.25) is 0 Å². The first-order chi connectivity index (χ1) is 10.2. The van der Waals surface area contributed by atoms with Crippen LogP contribution in [-0.2, 0) is 9.47 Å². The Bertz CT molecular complexity index is 592. The fourth-order valence-corrected chi connectivity index (χ4v) is 2.33. The Balaban J connectivity index is 1.92. The molecule has 0 unspecified atom stereocenters. The van der Waals surface area contributed by atoms with Crippen molar-refractivity contribution in [3.8, 4) is 0 Å². The standard InChI is InChI=1S/C15H20BrN3O2/c1-20-7-8-21-6-2-5-18-14-4-3-13(17)12-9-11(16)10-19-15(12)14/h3-4,9-10,18H,2,5-8,17H2,1H3. The quantitative estimate of drug-likeness (QED) is 0.563. The van der Waals surface area contributed by atoms with Crippen molar-refractivity contribution in [3.63, 3.8) is 0 Å². The van der Waals surface area contributed by atoms with E-state index in [0.717, 1.165) is 39.7 Å². The van der Waals surface area contributed by atoms with Crippen LogP contribution in [-0.4, -0.2) is 38.5 Å². The molecular weight excluding hydrogens is 334 g/mol. The summed E-state index contributed by atoms with van der Waals surface area (Å²) in [6.07, 6.45) is 2.70. The van der Waals surface area contributed by atoms with Crippen molar-refractivity contribution in [2.75, 3.05) is 44.5 Å². The molecule has 0 saturated carbocycles. The molecule has 2 aromatic rings. The van der Waals surface area contributed by atoms with E-state index in [0.29, 0.717) is 19.8 Å². The Hall–Kier alpha value is -1.37. The number of nitrogen functional groups attached to an aromatic ring is 1. The molecule has 0 aliphatic carbocycles. The lowest BCUT2D eigenvalue weighted by molar-refractivity contribution is 0.0705. The summed E-state index contributed by atoms with van der Waals surface area (Å²) in [6, 6.07) is 5.84. The second-order valence-corrected chi connectivity index (χ2v) is 5.55. The number of nitrogens with one attached hydrogen (secondary N) is 1. The van der Waals surface area contributed by atoms with Gasteiger partial charge in [-0.05, 0) is 40.5 Å². The Morgan fingerprint density at radius 3 is 2.95 bits per heavy atom. The van der Waals surface area contributed by atoms with Crippen molar-refractivity contribution in [2.24, 2.45) is 0 Å². The minimum absolute atomic E-state index is 0.634. The first-order valence-corrected chi connectivity index (χ1v) is 7.66. The molecular formula is C15H20BrN3O2. The molecule has 1 heterocycles. The van der Waals surface area contributed by atoms with E-state index in [1.165, 1.54) is 0 Å². The number of ether oxygens (including phenoxy) is 2. The number of rotatable bonds is 8. The van der Waals surface area contributed by atoms with Crippen LogP contribution in [0.15, 0.2) is 28.9 Å². The molecule has 0 radical (unpaired) electrons. The molecule has 0 fully saturated rings. The highest BCUT2D eigenvalue weighted by Gasteiger charge is 2.05. The SMILES string of the molecule is COCCOCCCNc1ccc(N)c2cc(Br)cnc12. The molecule has 114 valence electrons. The van der Waals surface area contributed by atoms with Crippen molar-refractivity contribution < 1.29 is 9.47 Å². The number of pyridine rings is 1. The molecule has 0 aliphatic rings. The summed E-state index contributed by atoms with van der Waals surface area (Å²) in [7, 11) is 1.67. The highest BCUT2D eigenvalue weighted by atomic mass is 79.9. The van der Waals surface area contributed by atoms with Gasteiger partial charge in [0.05, 0.1) is 24.4 Å². The minimum atomic E-state index is 0.634. The van der Waals surface area contributed by atoms with Crippen molar-refractivity contribution >= 4 is 38.2 Å². The maximum absolute atomic E-state index is 6.00. The van der Waals surface area contributed by atoms with Crippen molar-refractivity contribution in [1.82, 2.24) is 4.98 Å². The number of halogens is 1. The number of nitrogens with zero attached hydrogens (tertiary/aromatic N) is 1. The van der Waals surface area contributed by atoms with Crippen LogP contribution >= 0.6 is 15.9 Å². The number of hydrogen-bond acceptors (Lipinski definition) is 5. The van der Waals surface area contributed by atoms with Crippen molar-refractivity contribution in [2.45, 2.75) is 6.42 Å². The van der Waals surface area contributed by atoms with E-state index in [-0.39, 0.29) is 0 Å². The number of fused-ring (bicyclic) bond motifs is 1. The molecule has 0 aliphatic heterocycles. The third kappa shape index (κ3) is 4.56. The highest BCUT2D eigenvalue weighted by Crippen LogP contribution is 2.28. The molecule has 5 nitrogen and oxygen atoms in total. The third-order valence-electron chi connectivity index (χ3n) is 3.06. The van der Waals surface area contributed by atoms with Crippen LogP contribution in [0, 0.1) is 0 Å². The molecule has 0 bridgehead atoms. The summed E-state index contributed by atoms with van der Waals surface area (Å²) in [5, 5.41) is 4.33. The maximum Gasteiger partial charge on any atom is 0.0954 e. The van der Waals surface area contributed by atoms with E-state index in [1.807, 2.05) is 18.2 Å². The molecule has 0 saturated heterocycles. The Labute approximate surface area is 133 Å². The summed E-state index contributed by atoms with van der Waals surface area (Å²) in [5.74, 6) is 0. The van der Waals surface area contributed by atoms with Gasteiger partial charge >= 0.3 is 0 Å². The predicted octanol–water partition coefficient (Wildman–Crippen LogP) is 3.04. The first kappa shape index (κ1) is 16.0. The van der Waals surface area contributed by atoms with E-state index in [1.54, 1.807) is 13.3 Å². The molecule has 0 spiro atoms. The Kier molecular flexibility index (Phi) is 6.22. The van der Waals surface area contributed by atoms with Gasteiger partial charge in [-0.3, -0.25) is 4.98 Å². The van der Waals surface area contributed by atoms with Gasteiger partial charge < -0.3 is 20.5 Å². The van der Waals surface area contributed by atoms with Crippen LogP contribution in [0.25, 0.3) is 10.9 Å². The molecule has 1 aromatic heterocycles. The number of methoxy groups -OCH3 is 1. The van der Waals surface area contributed by atoms with Gasteiger partial charge in [0.1, 0.15) is 0 Å². The molecule has 0 amide bonds. The second kappa shape index (κ2) is 8.17. The lowest BCUT2D eigenvalue weighted by atomic mass is 10.1.